The first-order valence-electron chi connectivity index (χ1n) is 8.52. The maximum atomic E-state index is 12.7. The van der Waals surface area contributed by atoms with Crippen LogP contribution in [-0.4, -0.2) is 25.9 Å². The smallest absolute Gasteiger partial charge is 0.237 e. The maximum absolute atomic E-state index is 12.7. The van der Waals surface area contributed by atoms with Crippen LogP contribution in [0.4, 0.5) is 5.69 Å². The van der Waals surface area contributed by atoms with Crippen LogP contribution >= 0.6 is 23.1 Å². The molecule has 7 heteroatoms. The van der Waals surface area contributed by atoms with Crippen LogP contribution in [0.25, 0.3) is 10.7 Å². The van der Waals surface area contributed by atoms with Crippen LogP contribution in [0.1, 0.15) is 25.0 Å². The van der Waals surface area contributed by atoms with E-state index in [1.807, 2.05) is 56.5 Å². The third-order valence-electron chi connectivity index (χ3n) is 4.16. The Bertz CT molecular complexity index is 882. The summed E-state index contributed by atoms with van der Waals surface area (Å²) in [6.07, 6.45) is 0. The molecule has 0 aliphatic carbocycles. The molecule has 3 rings (SSSR count). The lowest BCUT2D eigenvalue weighted by Crippen LogP contribution is -2.23. The Kier molecular flexibility index (Phi) is 5.78. The van der Waals surface area contributed by atoms with Gasteiger partial charge in [-0.05, 0) is 50.3 Å². The SMILES string of the molecule is CCn1c(SC(C)C(=O)Nc2c(C)cccc2C)nnc1-c1cccs1. The zero-order chi connectivity index (χ0) is 18.7. The summed E-state index contributed by atoms with van der Waals surface area (Å²) in [5.74, 6) is 0.822. The van der Waals surface area contributed by atoms with E-state index in [2.05, 4.69) is 27.0 Å². The minimum atomic E-state index is -0.278. The van der Waals surface area contributed by atoms with Crippen LogP contribution in [0.15, 0.2) is 40.9 Å². The van der Waals surface area contributed by atoms with Crippen molar-refractivity contribution in [2.24, 2.45) is 0 Å². The van der Waals surface area contributed by atoms with Gasteiger partial charge in [-0.25, -0.2) is 0 Å². The number of benzene rings is 1. The predicted octanol–water partition coefficient (Wildman–Crippen LogP) is 4.76. The number of hydrogen-bond acceptors (Lipinski definition) is 5. The van der Waals surface area contributed by atoms with Gasteiger partial charge >= 0.3 is 0 Å². The summed E-state index contributed by atoms with van der Waals surface area (Å²) in [5.41, 5.74) is 3.01. The van der Waals surface area contributed by atoms with Crippen molar-refractivity contribution >= 4 is 34.7 Å². The van der Waals surface area contributed by atoms with Crippen molar-refractivity contribution in [2.75, 3.05) is 5.32 Å². The molecular formula is C19H22N4OS2. The van der Waals surface area contributed by atoms with Crippen LogP contribution in [0.3, 0.4) is 0 Å². The van der Waals surface area contributed by atoms with Gasteiger partial charge in [0.15, 0.2) is 11.0 Å². The lowest BCUT2D eigenvalue weighted by atomic mass is 10.1. The highest BCUT2D eigenvalue weighted by Gasteiger charge is 2.21. The Morgan fingerprint density at radius 1 is 1.23 bits per heavy atom. The molecule has 5 nitrogen and oxygen atoms in total. The van der Waals surface area contributed by atoms with Gasteiger partial charge in [-0.2, -0.15) is 0 Å². The van der Waals surface area contributed by atoms with E-state index in [0.717, 1.165) is 39.2 Å². The van der Waals surface area contributed by atoms with E-state index in [9.17, 15) is 4.79 Å². The molecule has 0 saturated carbocycles. The number of nitrogens with zero attached hydrogens (tertiary/aromatic N) is 3. The molecule has 2 heterocycles. The highest BCUT2D eigenvalue weighted by molar-refractivity contribution is 8.00. The number of para-hydroxylation sites is 1. The molecule has 0 bridgehead atoms. The summed E-state index contributed by atoms with van der Waals surface area (Å²) in [6.45, 7) is 8.72. The Morgan fingerprint density at radius 2 is 1.96 bits per heavy atom. The minimum absolute atomic E-state index is 0.0317. The fourth-order valence-corrected chi connectivity index (χ4v) is 4.33. The van der Waals surface area contributed by atoms with Gasteiger partial charge in [0.2, 0.25) is 5.91 Å². The molecule has 0 radical (unpaired) electrons. The second-order valence-corrected chi connectivity index (χ2v) is 8.30. The molecule has 1 unspecified atom stereocenters. The van der Waals surface area contributed by atoms with Gasteiger partial charge < -0.3 is 9.88 Å². The summed E-state index contributed by atoms with van der Waals surface area (Å²) < 4.78 is 2.05. The molecule has 1 amide bonds. The van der Waals surface area contributed by atoms with Gasteiger partial charge in [0.25, 0.3) is 0 Å². The van der Waals surface area contributed by atoms with E-state index in [4.69, 9.17) is 0 Å². The third kappa shape index (κ3) is 3.83. The number of aromatic nitrogens is 3. The highest BCUT2D eigenvalue weighted by atomic mass is 32.2. The van der Waals surface area contributed by atoms with Crippen LogP contribution in [0.5, 0.6) is 0 Å². The fraction of sp³-hybridized carbons (Fsp3) is 0.316. The molecule has 0 aliphatic heterocycles. The van der Waals surface area contributed by atoms with Gasteiger partial charge in [0.1, 0.15) is 0 Å². The Hall–Kier alpha value is -2.12. The molecule has 1 atom stereocenters. The topological polar surface area (TPSA) is 59.8 Å². The second kappa shape index (κ2) is 8.05. The molecule has 0 spiro atoms. The van der Waals surface area contributed by atoms with Gasteiger partial charge in [0, 0.05) is 12.2 Å². The molecule has 1 aromatic carbocycles. The molecule has 26 heavy (non-hydrogen) atoms. The molecule has 0 fully saturated rings. The monoisotopic (exact) mass is 386 g/mol. The highest BCUT2D eigenvalue weighted by Crippen LogP contribution is 2.30. The van der Waals surface area contributed by atoms with Crippen molar-refractivity contribution in [2.45, 2.75) is 44.6 Å². The maximum Gasteiger partial charge on any atom is 0.237 e. The Balaban J connectivity index is 1.76. The van der Waals surface area contributed by atoms with Crippen LogP contribution < -0.4 is 5.32 Å². The number of carbonyl (C=O) groups excluding carboxylic acids is 1. The first-order chi connectivity index (χ1) is 12.5. The molecule has 1 N–H and O–H groups in total. The quantitative estimate of drug-likeness (QED) is 0.620. The van der Waals surface area contributed by atoms with Crippen LogP contribution in [0.2, 0.25) is 0 Å². The van der Waals surface area contributed by atoms with Gasteiger partial charge in [-0.3, -0.25) is 4.79 Å². The lowest BCUT2D eigenvalue weighted by Gasteiger charge is -2.15. The number of nitrogens with one attached hydrogen (secondary N) is 1. The van der Waals surface area contributed by atoms with Crippen molar-refractivity contribution in [3.63, 3.8) is 0 Å². The van der Waals surface area contributed by atoms with Crippen molar-refractivity contribution in [3.05, 3.63) is 46.8 Å². The summed E-state index contributed by atoms with van der Waals surface area (Å²) in [6, 6.07) is 10.0. The first-order valence-corrected chi connectivity index (χ1v) is 10.3. The first kappa shape index (κ1) is 18.7. The van der Waals surface area contributed by atoms with E-state index < -0.39 is 0 Å². The van der Waals surface area contributed by atoms with E-state index in [1.165, 1.54) is 11.8 Å². The van der Waals surface area contributed by atoms with E-state index in [-0.39, 0.29) is 11.2 Å². The summed E-state index contributed by atoms with van der Waals surface area (Å²) in [4.78, 5) is 13.8. The van der Waals surface area contributed by atoms with Crippen molar-refractivity contribution in [3.8, 4) is 10.7 Å². The molecule has 0 saturated heterocycles. The number of hydrogen-bond donors (Lipinski definition) is 1. The fourth-order valence-electron chi connectivity index (χ4n) is 2.70. The zero-order valence-electron chi connectivity index (χ0n) is 15.3. The van der Waals surface area contributed by atoms with Crippen LogP contribution in [-0.2, 0) is 11.3 Å². The summed E-state index contributed by atoms with van der Waals surface area (Å²) in [5, 5.41) is 14.2. The normalized spacial score (nSPS) is 12.2. The number of thioether (sulfide) groups is 1. The molecule has 2 aromatic heterocycles. The van der Waals surface area contributed by atoms with Gasteiger partial charge in [-0.15, -0.1) is 21.5 Å². The third-order valence-corrected chi connectivity index (χ3v) is 6.10. The average molecular weight is 387 g/mol. The molecule has 136 valence electrons. The Morgan fingerprint density at radius 3 is 2.58 bits per heavy atom. The number of amides is 1. The van der Waals surface area contributed by atoms with Crippen molar-refractivity contribution in [1.29, 1.82) is 0 Å². The van der Waals surface area contributed by atoms with Gasteiger partial charge in [0.05, 0.1) is 10.1 Å². The number of carbonyl (C=O) groups is 1. The minimum Gasteiger partial charge on any atom is -0.325 e. The summed E-state index contributed by atoms with van der Waals surface area (Å²) >= 11 is 3.07. The van der Waals surface area contributed by atoms with Crippen molar-refractivity contribution < 1.29 is 4.79 Å². The lowest BCUT2D eigenvalue weighted by molar-refractivity contribution is -0.115. The number of thiophene rings is 1. The van der Waals surface area contributed by atoms with Crippen molar-refractivity contribution in [1.82, 2.24) is 14.8 Å². The Labute approximate surface area is 161 Å². The van der Waals surface area contributed by atoms with Gasteiger partial charge in [-0.1, -0.05) is 36.0 Å². The summed E-state index contributed by atoms with van der Waals surface area (Å²) in [7, 11) is 0. The number of rotatable bonds is 6. The predicted molar refractivity (Wildman–Crippen MR) is 109 cm³/mol. The zero-order valence-corrected chi connectivity index (χ0v) is 16.9. The standard InChI is InChI=1S/C19H22N4OS2/c1-5-23-17(15-10-7-11-25-15)21-22-19(23)26-14(4)18(24)20-16-12(2)8-6-9-13(16)3/h6-11,14H,5H2,1-4H3,(H,20,24). The molecule has 0 aliphatic rings. The van der Waals surface area contributed by atoms with E-state index >= 15 is 0 Å². The largest absolute Gasteiger partial charge is 0.325 e. The van der Waals surface area contributed by atoms with E-state index in [1.54, 1.807) is 11.3 Å². The number of aryl methyl sites for hydroxylation is 2. The van der Waals surface area contributed by atoms with E-state index in [0.29, 0.717) is 0 Å². The average Bonchev–Trinajstić information content (AvgIpc) is 3.27. The van der Waals surface area contributed by atoms with Crippen LogP contribution in [0, 0.1) is 13.8 Å². The number of anilines is 1. The molecular weight excluding hydrogens is 364 g/mol. The second-order valence-electron chi connectivity index (χ2n) is 6.04. The molecule has 3 aromatic rings.